The second kappa shape index (κ2) is 10.8. The molecule has 0 radical (unpaired) electrons. The van der Waals surface area contributed by atoms with Crippen molar-refractivity contribution in [2.24, 2.45) is 4.99 Å². The minimum absolute atomic E-state index is 0. The van der Waals surface area contributed by atoms with Crippen LogP contribution in [0.3, 0.4) is 0 Å². The van der Waals surface area contributed by atoms with Gasteiger partial charge in [0, 0.05) is 30.1 Å². The van der Waals surface area contributed by atoms with Crippen LogP contribution in [-0.4, -0.2) is 24.7 Å². The smallest absolute Gasteiger partial charge is 0.221 e. The van der Waals surface area contributed by atoms with E-state index in [4.69, 9.17) is 14.5 Å². The van der Waals surface area contributed by atoms with Crippen LogP contribution in [-0.2, 0) is 11.3 Å². The molecule has 3 aromatic rings. The van der Waals surface area contributed by atoms with E-state index in [0.29, 0.717) is 6.54 Å². The fourth-order valence-electron chi connectivity index (χ4n) is 2.89. The highest BCUT2D eigenvalue weighted by Crippen LogP contribution is 2.34. The van der Waals surface area contributed by atoms with Gasteiger partial charge in [0.05, 0.1) is 25.6 Å². The standard InChI is InChI=1S/C22H23N3O3S.BrH/c1-5-12-25-20(19-13-18(27-3)10-11-21(19)28-4)14-29-22(25)24-17-8-6-16(7-9-17)23-15(2)26;/h5-11,13-14H,1,12H2,2-4H3,(H,23,26);1H. The van der Waals surface area contributed by atoms with Gasteiger partial charge in [0.25, 0.3) is 0 Å². The first kappa shape index (κ1) is 23.4. The summed E-state index contributed by atoms with van der Waals surface area (Å²) in [4.78, 5) is 16.8. The molecule has 0 bridgehead atoms. The molecule has 0 aliphatic heterocycles. The number of benzene rings is 2. The van der Waals surface area contributed by atoms with E-state index < -0.39 is 0 Å². The largest absolute Gasteiger partial charge is 0.497 e. The summed E-state index contributed by atoms with van der Waals surface area (Å²) in [6.07, 6.45) is 1.84. The van der Waals surface area contributed by atoms with Gasteiger partial charge in [-0.05, 0) is 42.5 Å². The fraction of sp³-hybridized carbons (Fsp3) is 0.182. The third kappa shape index (κ3) is 5.40. The zero-order chi connectivity index (χ0) is 20.8. The summed E-state index contributed by atoms with van der Waals surface area (Å²) in [5.41, 5.74) is 3.43. The van der Waals surface area contributed by atoms with Crippen LogP contribution in [0.25, 0.3) is 11.3 Å². The molecule has 0 saturated carbocycles. The number of anilines is 1. The third-order valence-electron chi connectivity index (χ3n) is 4.20. The molecule has 1 heterocycles. The fourth-order valence-corrected chi connectivity index (χ4v) is 3.82. The number of ether oxygens (including phenoxy) is 2. The van der Waals surface area contributed by atoms with Crippen LogP contribution in [0.1, 0.15) is 6.92 Å². The van der Waals surface area contributed by atoms with Gasteiger partial charge in [0.2, 0.25) is 5.91 Å². The number of hydrogen-bond donors (Lipinski definition) is 1. The first-order chi connectivity index (χ1) is 14.0. The minimum atomic E-state index is -0.103. The van der Waals surface area contributed by atoms with Crippen LogP contribution >= 0.6 is 28.3 Å². The van der Waals surface area contributed by atoms with Crippen LogP contribution < -0.4 is 19.6 Å². The first-order valence-electron chi connectivity index (χ1n) is 8.99. The highest BCUT2D eigenvalue weighted by molar-refractivity contribution is 8.93. The Morgan fingerprint density at radius 2 is 1.93 bits per heavy atom. The molecule has 6 nitrogen and oxygen atoms in total. The van der Waals surface area contributed by atoms with Crippen LogP contribution in [0.5, 0.6) is 11.5 Å². The maximum absolute atomic E-state index is 11.2. The Balaban J connectivity index is 0.00000320. The maximum atomic E-state index is 11.2. The van der Waals surface area contributed by atoms with Crippen molar-refractivity contribution in [2.75, 3.05) is 19.5 Å². The van der Waals surface area contributed by atoms with Crippen LogP contribution in [0.2, 0.25) is 0 Å². The quantitative estimate of drug-likeness (QED) is 0.464. The maximum Gasteiger partial charge on any atom is 0.221 e. The Kier molecular flexibility index (Phi) is 8.44. The summed E-state index contributed by atoms with van der Waals surface area (Å²) in [6.45, 7) is 5.96. The van der Waals surface area contributed by atoms with E-state index in [0.717, 1.165) is 38.9 Å². The molecular formula is C22H24BrN3O3S. The Morgan fingerprint density at radius 3 is 2.53 bits per heavy atom. The SMILES string of the molecule is Br.C=CCn1c(-c2cc(OC)ccc2OC)csc1=Nc1ccc(NC(C)=O)cc1. The lowest BCUT2D eigenvalue weighted by Gasteiger charge is -2.12. The minimum Gasteiger partial charge on any atom is -0.497 e. The molecule has 0 fully saturated rings. The number of carbonyl (C=O) groups excluding carboxylic acids is 1. The number of halogens is 1. The normalized spacial score (nSPS) is 10.8. The third-order valence-corrected chi connectivity index (χ3v) is 5.07. The Labute approximate surface area is 190 Å². The van der Waals surface area contributed by atoms with Crippen molar-refractivity contribution in [3.63, 3.8) is 0 Å². The highest BCUT2D eigenvalue weighted by Gasteiger charge is 2.13. The monoisotopic (exact) mass is 489 g/mol. The van der Waals surface area contributed by atoms with Crippen molar-refractivity contribution in [1.29, 1.82) is 0 Å². The summed E-state index contributed by atoms with van der Waals surface area (Å²) in [5, 5.41) is 4.80. The van der Waals surface area contributed by atoms with Gasteiger partial charge >= 0.3 is 0 Å². The summed E-state index contributed by atoms with van der Waals surface area (Å²) in [6, 6.07) is 13.1. The predicted octanol–water partition coefficient (Wildman–Crippen LogP) is 5.19. The lowest BCUT2D eigenvalue weighted by atomic mass is 10.1. The van der Waals surface area contributed by atoms with Gasteiger partial charge in [-0.15, -0.1) is 34.9 Å². The molecular weight excluding hydrogens is 466 g/mol. The highest BCUT2D eigenvalue weighted by atomic mass is 79.9. The Hall–Kier alpha value is -2.84. The lowest BCUT2D eigenvalue weighted by molar-refractivity contribution is -0.114. The summed E-state index contributed by atoms with van der Waals surface area (Å²) in [7, 11) is 3.29. The molecule has 1 N–H and O–H groups in total. The molecule has 0 atom stereocenters. The molecule has 1 aromatic heterocycles. The van der Waals surface area contributed by atoms with Gasteiger partial charge in [-0.2, -0.15) is 0 Å². The number of rotatable bonds is 7. The molecule has 0 spiro atoms. The predicted molar refractivity (Wildman–Crippen MR) is 127 cm³/mol. The number of thiazole rings is 1. The zero-order valence-corrected chi connectivity index (χ0v) is 19.6. The van der Waals surface area contributed by atoms with Crippen LogP contribution in [0, 0.1) is 0 Å². The summed E-state index contributed by atoms with van der Waals surface area (Å²) < 4.78 is 13.0. The Bertz CT molecular complexity index is 1090. The molecule has 0 saturated heterocycles. The van der Waals surface area contributed by atoms with E-state index in [1.165, 1.54) is 18.3 Å². The number of nitrogens with one attached hydrogen (secondary N) is 1. The van der Waals surface area contributed by atoms with Gasteiger partial charge in [0.15, 0.2) is 4.80 Å². The van der Waals surface area contributed by atoms with Gasteiger partial charge < -0.3 is 19.4 Å². The summed E-state index contributed by atoms with van der Waals surface area (Å²) in [5.74, 6) is 1.41. The van der Waals surface area contributed by atoms with Gasteiger partial charge in [0.1, 0.15) is 11.5 Å². The average molecular weight is 490 g/mol. The second-order valence-electron chi connectivity index (χ2n) is 6.21. The van der Waals surface area contributed by atoms with Crippen molar-refractivity contribution in [3.8, 4) is 22.8 Å². The van der Waals surface area contributed by atoms with E-state index >= 15 is 0 Å². The molecule has 0 aliphatic carbocycles. The van der Waals surface area contributed by atoms with E-state index in [1.807, 2.05) is 53.9 Å². The number of allylic oxidation sites excluding steroid dienone is 1. The second-order valence-corrected chi connectivity index (χ2v) is 7.05. The number of hydrogen-bond acceptors (Lipinski definition) is 5. The molecule has 1 amide bonds. The number of aromatic nitrogens is 1. The number of carbonyl (C=O) groups is 1. The molecule has 158 valence electrons. The van der Waals surface area contributed by atoms with Crippen LogP contribution in [0.15, 0.2) is 65.5 Å². The molecule has 0 aliphatic rings. The van der Waals surface area contributed by atoms with Crippen molar-refractivity contribution in [2.45, 2.75) is 13.5 Å². The van der Waals surface area contributed by atoms with E-state index in [9.17, 15) is 4.79 Å². The Morgan fingerprint density at radius 1 is 1.20 bits per heavy atom. The zero-order valence-electron chi connectivity index (χ0n) is 17.0. The van der Waals surface area contributed by atoms with Crippen LogP contribution in [0.4, 0.5) is 11.4 Å². The van der Waals surface area contributed by atoms with E-state index in [1.54, 1.807) is 14.2 Å². The lowest BCUT2D eigenvalue weighted by Crippen LogP contribution is -2.15. The summed E-state index contributed by atoms with van der Waals surface area (Å²) >= 11 is 1.54. The molecule has 30 heavy (non-hydrogen) atoms. The van der Waals surface area contributed by atoms with Crippen molar-refractivity contribution >= 4 is 45.6 Å². The number of methoxy groups -OCH3 is 2. The van der Waals surface area contributed by atoms with Gasteiger partial charge in [-0.3, -0.25) is 4.79 Å². The van der Waals surface area contributed by atoms with Gasteiger partial charge in [-0.1, -0.05) is 6.08 Å². The van der Waals surface area contributed by atoms with E-state index in [-0.39, 0.29) is 22.9 Å². The number of amides is 1. The topological polar surface area (TPSA) is 64.8 Å². The van der Waals surface area contributed by atoms with Crippen molar-refractivity contribution < 1.29 is 14.3 Å². The average Bonchev–Trinajstić information content (AvgIpc) is 3.11. The molecule has 2 aromatic carbocycles. The molecule has 8 heteroatoms. The van der Waals surface area contributed by atoms with Crippen molar-refractivity contribution in [3.05, 3.63) is 65.3 Å². The molecule has 3 rings (SSSR count). The van der Waals surface area contributed by atoms with E-state index in [2.05, 4.69) is 16.5 Å². The number of nitrogens with zero attached hydrogens (tertiary/aromatic N) is 2. The molecule has 0 unspecified atom stereocenters. The van der Waals surface area contributed by atoms with Crippen molar-refractivity contribution in [1.82, 2.24) is 4.57 Å². The first-order valence-corrected chi connectivity index (χ1v) is 9.87. The van der Waals surface area contributed by atoms with Gasteiger partial charge in [-0.25, -0.2) is 4.99 Å².